The van der Waals surface area contributed by atoms with Crippen LogP contribution in [0, 0.1) is 5.92 Å². The lowest BCUT2D eigenvalue weighted by atomic mass is 9.95. The van der Waals surface area contributed by atoms with Gasteiger partial charge in [-0.05, 0) is 44.1 Å². The summed E-state index contributed by atoms with van der Waals surface area (Å²) in [5.41, 5.74) is 0.329. The highest BCUT2D eigenvalue weighted by Gasteiger charge is 2.35. The Morgan fingerprint density at radius 1 is 1.11 bits per heavy atom. The molecule has 9 heteroatoms. The van der Waals surface area contributed by atoms with Crippen molar-refractivity contribution in [3.63, 3.8) is 0 Å². The van der Waals surface area contributed by atoms with E-state index in [1.165, 1.54) is 0 Å². The van der Waals surface area contributed by atoms with Crippen molar-refractivity contribution in [3.8, 4) is 0 Å². The van der Waals surface area contributed by atoms with E-state index < -0.39 is 23.6 Å². The van der Waals surface area contributed by atoms with Crippen molar-refractivity contribution in [2.75, 3.05) is 19.8 Å². The predicted octanol–water partition coefficient (Wildman–Crippen LogP) is 2.56. The molecule has 2 atom stereocenters. The smallest absolute Gasteiger partial charge is 0.407 e. The minimum atomic E-state index is -0.602. The summed E-state index contributed by atoms with van der Waals surface area (Å²) in [5.74, 6) is -1.18. The SMILES string of the molecule is C=CC[C@@H](CC(=O)NC1(CO)CCCC1)C(=O)N[C@H](CO)CCCCNC(=O)OCc1ccccc1. The zero-order valence-electron chi connectivity index (χ0n) is 21.0. The van der Waals surface area contributed by atoms with Gasteiger partial charge in [0, 0.05) is 13.0 Å². The van der Waals surface area contributed by atoms with Gasteiger partial charge in [0.15, 0.2) is 0 Å². The highest BCUT2D eigenvalue weighted by Crippen LogP contribution is 2.29. The molecule has 0 spiro atoms. The molecular formula is C27H41N3O6. The van der Waals surface area contributed by atoms with Crippen molar-refractivity contribution in [1.82, 2.24) is 16.0 Å². The first-order valence-electron chi connectivity index (χ1n) is 12.8. The number of amides is 3. The molecule has 1 fully saturated rings. The Kier molecular flexibility index (Phi) is 13.0. The Hall–Kier alpha value is -2.91. The second kappa shape index (κ2) is 16.0. The number of ether oxygens (including phenoxy) is 1. The summed E-state index contributed by atoms with van der Waals surface area (Å²) in [5, 5.41) is 27.9. The van der Waals surface area contributed by atoms with Gasteiger partial charge in [-0.1, -0.05) is 49.2 Å². The van der Waals surface area contributed by atoms with Crippen LogP contribution >= 0.6 is 0 Å². The zero-order valence-corrected chi connectivity index (χ0v) is 21.0. The van der Waals surface area contributed by atoms with Gasteiger partial charge in [-0.3, -0.25) is 9.59 Å². The molecule has 1 aromatic rings. The van der Waals surface area contributed by atoms with E-state index in [-0.39, 0.29) is 38.1 Å². The Bertz CT molecular complexity index is 826. The second-order valence-corrected chi connectivity index (χ2v) is 9.49. The van der Waals surface area contributed by atoms with Crippen LogP contribution in [0.4, 0.5) is 4.79 Å². The van der Waals surface area contributed by atoms with Crippen molar-refractivity contribution in [2.24, 2.45) is 5.92 Å². The first kappa shape index (κ1) is 29.3. The van der Waals surface area contributed by atoms with Gasteiger partial charge in [0.05, 0.1) is 30.7 Å². The molecule has 200 valence electrons. The molecule has 5 N–H and O–H groups in total. The number of carbonyl (C=O) groups is 3. The van der Waals surface area contributed by atoms with E-state index in [9.17, 15) is 24.6 Å². The monoisotopic (exact) mass is 503 g/mol. The number of unbranched alkanes of at least 4 members (excludes halogenated alkanes) is 1. The Morgan fingerprint density at radius 3 is 2.47 bits per heavy atom. The maximum absolute atomic E-state index is 12.8. The number of carbonyl (C=O) groups excluding carboxylic acids is 3. The highest BCUT2D eigenvalue weighted by atomic mass is 16.5. The van der Waals surface area contributed by atoms with Crippen molar-refractivity contribution in [2.45, 2.75) is 76.0 Å². The van der Waals surface area contributed by atoms with E-state index in [1.807, 2.05) is 30.3 Å². The fourth-order valence-corrected chi connectivity index (χ4v) is 4.44. The van der Waals surface area contributed by atoms with Gasteiger partial charge in [0.2, 0.25) is 11.8 Å². The molecular weight excluding hydrogens is 462 g/mol. The Balaban J connectivity index is 1.68. The third-order valence-electron chi connectivity index (χ3n) is 6.55. The number of allylic oxidation sites excluding steroid dienone is 1. The van der Waals surface area contributed by atoms with Gasteiger partial charge in [0.1, 0.15) is 6.61 Å². The highest BCUT2D eigenvalue weighted by molar-refractivity contribution is 5.86. The van der Waals surface area contributed by atoms with Crippen molar-refractivity contribution in [1.29, 1.82) is 0 Å². The summed E-state index contributed by atoms with van der Waals surface area (Å²) >= 11 is 0. The van der Waals surface area contributed by atoms with Gasteiger partial charge >= 0.3 is 6.09 Å². The lowest BCUT2D eigenvalue weighted by Crippen LogP contribution is -2.50. The molecule has 0 aliphatic heterocycles. The minimum absolute atomic E-state index is 0.00718. The first-order chi connectivity index (χ1) is 17.4. The molecule has 0 aromatic heterocycles. The third kappa shape index (κ3) is 10.4. The molecule has 3 amide bonds. The van der Waals surface area contributed by atoms with E-state index in [1.54, 1.807) is 6.08 Å². The van der Waals surface area contributed by atoms with Crippen LogP contribution in [0.5, 0.6) is 0 Å². The maximum Gasteiger partial charge on any atom is 0.407 e. The molecule has 0 radical (unpaired) electrons. The molecule has 36 heavy (non-hydrogen) atoms. The molecule has 2 rings (SSSR count). The minimum Gasteiger partial charge on any atom is -0.445 e. The average molecular weight is 504 g/mol. The molecule has 9 nitrogen and oxygen atoms in total. The van der Waals surface area contributed by atoms with E-state index in [0.29, 0.717) is 32.2 Å². The number of hydrogen-bond donors (Lipinski definition) is 5. The van der Waals surface area contributed by atoms with Crippen LogP contribution in [-0.2, 0) is 20.9 Å². The third-order valence-corrected chi connectivity index (χ3v) is 6.55. The molecule has 0 unspecified atom stereocenters. The topological polar surface area (TPSA) is 137 Å². The molecule has 0 saturated heterocycles. The van der Waals surface area contributed by atoms with Crippen LogP contribution < -0.4 is 16.0 Å². The van der Waals surface area contributed by atoms with Gasteiger partial charge < -0.3 is 30.9 Å². The Labute approximate surface area is 213 Å². The molecule has 1 aromatic carbocycles. The summed E-state index contributed by atoms with van der Waals surface area (Å²) in [6.07, 6.45) is 6.70. The number of benzene rings is 1. The van der Waals surface area contributed by atoms with Crippen LogP contribution in [0.1, 0.15) is 63.4 Å². The van der Waals surface area contributed by atoms with Crippen molar-refractivity contribution < 1.29 is 29.3 Å². The lowest BCUT2D eigenvalue weighted by molar-refractivity contribution is -0.132. The summed E-state index contributed by atoms with van der Waals surface area (Å²) < 4.78 is 5.16. The van der Waals surface area contributed by atoms with Crippen molar-refractivity contribution in [3.05, 3.63) is 48.6 Å². The number of nitrogens with one attached hydrogen (secondary N) is 3. The average Bonchev–Trinajstić information content (AvgIpc) is 3.35. The van der Waals surface area contributed by atoms with Crippen LogP contribution in [0.3, 0.4) is 0 Å². The van der Waals surface area contributed by atoms with Crippen LogP contribution in [0.15, 0.2) is 43.0 Å². The summed E-state index contributed by atoms with van der Waals surface area (Å²) in [6, 6.07) is 8.96. The van der Waals surface area contributed by atoms with Crippen LogP contribution in [0.25, 0.3) is 0 Å². The lowest BCUT2D eigenvalue weighted by Gasteiger charge is -2.29. The van der Waals surface area contributed by atoms with E-state index >= 15 is 0 Å². The molecule has 1 aliphatic carbocycles. The number of rotatable bonds is 16. The van der Waals surface area contributed by atoms with Crippen LogP contribution in [-0.4, -0.2) is 59.5 Å². The number of hydrogen-bond acceptors (Lipinski definition) is 6. The van der Waals surface area contributed by atoms with E-state index in [4.69, 9.17) is 4.74 Å². The number of aliphatic hydroxyl groups is 2. The van der Waals surface area contributed by atoms with Gasteiger partial charge in [-0.2, -0.15) is 0 Å². The normalized spacial score (nSPS) is 15.9. The molecule has 1 aliphatic rings. The summed E-state index contributed by atoms with van der Waals surface area (Å²) in [4.78, 5) is 37.2. The quantitative estimate of drug-likeness (QED) is 0.174. The fourth-order valence-electron chi connectivity index (χ4n) is 4.44. The standard InChI is InChI=1S/C27H41N3O6/c1-2-10-22(17-24(33)30-27(20-32)14-7-8-15-27)25(34)29-23(18-31)13-6-9-16-28-26(35)36-19-21-11-4-3-5-12-21/h2-5,11-12,22-23,31-32H,1,6-10,13-20H2,(H,28,35)(H,29,34)(H,30,33)/t22-,23-/m0/s1. The maximum atomic E-state index is 12.8. The number of aliphatic hydroxyl groups excluding tert-OH is 2. The predicted molar refractivity (Wildman–Crippen MR) is 137 cm³/mol. The van der Waals surface area contributed by atoms with Crippen molar-refractivity contribution >= 4 is 17.9 Å². The van der Waals surface area contributed by atoms with Gasteiger partial charge in [-0.15, -0.1) is 6.58 Å². The first-order valence-corrected chi connectivity index (χ1v) is 12.8. The molecule has 0 bridgehead atoms. The Morgan fingerprint density at radius 2 is 1.83 bits per heavy atom. The molecule has 0 heterocycles. The molecule has 1 saturated carbocycles. The number of alkyl carbamates (subject to hydrolysis) is 1. The van der Waals surface area contributed by atoms with E-state index in [0.717, 1.165) is 31.2 Å². The fraction of sp³-hybridized carbons (Fsp3) is 0.593. The summed E-state index contributed by atoms with van der Waals surface area (Å²) in [6.45, 7) is 3.99. The second-order valence-electron chi connectivity index (χ2n) is 9.49. The van der Waals surface area contributed by atoms with E-state index in [2.05, 4.69) is 22.5 Å². The van der Waals surface area contributed by atoms with Crippen LogP contribution in [0.2, 0.25) is 0 Å². The largest absolute Gasteiger partial charge is 0.445 e. The van der Waals surface area contributed by atoms with Gasteiger partial charge in [-0.25, -0.2) is 4.79 Å². The summed E-state index contributed by atoms with van der Waals surface area (Å²) in [7, 11) is 0. The van der Waals surface area contributed by atoms with Gasteiger partial charge in [0.25, 0.3) is 0 Å². The zero-order chi connectivity index (χ0) is 26.2.